The fraction of sp³-hybridized carbons (Fsp3) is 0.421. The number of nitrogens with one attached hydrogen (secondary N) is 1. The summed E-state index contributed by atoms with van der Waals surface area (Å²) >= 11 is 6.11. The first-order valence-corrected chi connectivity index (χ1v) is 9.18. The van der Waals surface area contributed by atoms with Crippen molar-refractivity contribution in [2.24, 2.45) is 5.92 Å². The van der Waals surface area contributed by atoms with E-state index in [4.69, 9.17) is 16.7 Å². The Balaban J connectivity index is 1.89. The number of nitrogens with zero attached hydrogens (tertiary/aromatic N) is 3. The second-order valence-corrected chi connectivity index (χ2v) is 8.19. The Kier molecular flexibility index (Phi) is 5.15. The number of carboxylic acids is 1. The highest BCUT2D eigenvalue weighted by Gasteiger charge is 2.31. The van der Waals surface area contributed by atoms with Crippen molar-refractivity contribution in [1.29, 1.82) is 0 Å². The highest BCUT2D eigenvalue weighted by atomic mass is 35.5. The number of aromatic nitrogens is 2. The van der Waals surface area contributed by atoms with Gasteiger partial charge >= 0.3 is 12.0 Å². The number of hydrogen-bond donors (Lipinski definition) is 2. The van der Waals surface area contributed by atoms with Crippen LogP contribution >= 0.6 is 11.6 Å². The molecular formula is C19H23ClN4O3. The molecule has 8 heteroatoms. The highest BCUT2D eigenvalue weighted by molar-refractivity contribution is 6.30. The smallest absolute Gasteiger partial charge is 0.323 e. The molecule has 2 aromatic rings. The number of carboxylic acid groups (broad SMARTS) is 1. The zero-order valence-electron chi connectivity index (χ0n) is 15.6. The van der Waals surface area contributed by atoms with Crippen molar-refractivity contribution in [3.05, 3.63) is 41.0 Å². The summed E-state index contributed by atoms with van der Waals surface area (Å²) < 4.78 is 1.65. The van der Waals surface area contributed by atoms with Crippen LogP contribution in [0.25, 0.3) is 5.69 Å². The van der Waals surface area contributed by atoms with E-state index in [1.165, 1.54) is 4.90 Å². The molecule has 27 heavy (non-hydrogen) atoms. The first kappa shape index (κ1) is 19.2. The molecule has 1 saturated heterocycles. The molecular weight excluding hydrogens is 368 g/mol. The van der Waals surface area contributed by atoms with E-state index in [-0.39, 0.29) is 18.0 Å². The van der Waals surface area contributed by atoms with Crippen molar-refractivity contribution < 1.29 is 14.7 Å². The summed E-state index contributed by atoms with van der Waals surface area (Å²) in [5, 5.41) is 17.2. The summed E-state index contributed by atoms with van der Waals surface area (Å²) in [6, 6.07) is 8.73. The number of aliphatic carboxylic acids is 1. The lowest BCUT2D eigenvalue weighted by Crippen LogP contribution is -2.34. The van der Waals surface area contributed by atoms with Crippen molar-refractivity contribution >= 4 is 29.4 Å². The predicted octanol–water partition coefficient (Wildman–Crippen LogP) is 3.76. The molecule has 0 aliphatic carbocycles. The van der Waals surface area contributed by atoms with Crippen LogP contribution in [-0.4, -0.2) is 44.9 Å². The molecule has 1 aliphatic rings. The van der Waals surface area contributed by atoms with E-state index >= 15 is 0 Å². The third-order valence-corrected chi connectivity index (χ3v) is 4.83. The molecule has 1 fully saturated rings. The first-order valence-electron chi connectivity index (χ1n) is 8.80. The minimum Gasteiger partial charge on any atom is -0.481 e. The molecule has 2 amide bonds. The molecule has 1 unspecified atom stereocenters. The van der Waals surface area contributed by atoms with Crippen LogP contribution < -0.4 is 5.32 Å². The number of halogens is 1. The van der Waals surface area contributed by atoms with Crippen LogP contribution in [0.5, 0.6) is 0 Å². The van der Waals surface area contributed by atoms with Crippen molar-refractivity contribution in [1.82, 2.24) is 14.7 Å². The summed E-state index contributed by atoms with van der Waals surface area (Å²) in [6.45, 7) is 6.75. The number of likely N-dealkylation sites (tertiary alicyclic amines) is 1. The second-order valence-electron chi connectivity index (χ2n) is 7.76. The van der Waals surface area contributed by atoms with Gasteiger partial charge in [0.25, 0.3) is 0 Å². The lowest BCUT2D eigenvalue weighted by atomic mass is 9.92. The fourth-order valence-corrected chi connectivity index (χ4v) is 3.16. The molecule has 1 aliphatic heterocycles. The number of urea groups is 1. The van der Waals surface area contributed by atoms with Crippen LogP contribution in [0.15, 0.2) is 30.3 Å². The number of carbonyl (C=O) groups excluding carboxylic acids is 1. The lowest BCUT2D eigenvalue weighted by Gasteiger charge is -2.17. The molecule has 1 aromatic heterocycles. The summed E-state index contributed by atoms with van der Waals surface area (Å²) in [4.78, 5) is 25.3. The molecule has 0 spiro atoms. The molecule has 0 bridgehead atoms. The quantitative estimate of drug-likeness (QED) is 0.835. The van der Waals surface area contributed by atoms with E-state index in [0.717, 1.165) is 11.4 Å². The van der Waals surface area contributed by atoms with E-state index in [9.17, 15) is 9.59 Å². The van der Waals surface area contributed by atoms with Crippen molar-refractivity contribution in [2.45, 2.75) is 32.6 Å². The summed E-state index contributed by atoms with van der Waals surface area (Å²) in [7, 11) is 0. The van der Waals surface area contributed by atoms with Crippen molar-refractivity contribution in [3.63, 3.8) is 0 Å². The third kappa shape index (κ3) is 4.24. The molecule has 7 nitrogen and oxygen atoms in total. The van der Waals surface area contributed by atoms with Gasteiger partial charge in [-0.2, -0.15) is 5.10 Å². The SMILES string of the molecule is CC(C)(C)c1cc(NC(=O)N2CCC(C(=O)O)C2)n(-c2cccc(Cl)c2)n1. The monoisotopic (exact) mass is 390 g/mol. The average molecular weight is 391 g/mol. The number of benzene rings is 1. The Morgan fingerprint density at radius 2 is 2.04 bits per heavy atom. The highest BCUT2D eigenvalue weighted by Crippen LogP contribution is 2.28. The molecule has 2 N–H and O–H groups in total. The number of anilines is 1. The lowest BCUT2D eigenvalue weighted by molar-refractivity contribution is -0.141. The number of hydrogen-bond acceptors (Lipinski definition) is 3. The molecule has 2 heterocycles. The minimum atomic E-state index is -0.871. The van der Waals surface area contributed by atoms with Gasteiger partial charge in [-0.25, -0.2) is 9.48 Å². The normalized spacial score (nSPS) is 17.2. The molecule has 0 saturated carbocycles. The van der Waals surface area contributed by atoms with Gasteiger partial charge in [0.15, 0.2) is 0 Å². The van der Waals surface area contributed by atoms with Crippen LogP contribution in [0.4, 0.5) is 10.6 Å². The van der Waals surface area contributed by atoms with Gasteiger partial charge in [0.05, 0.1) is 17.3 Å². The molecule has 1 atom stereocenters. The van der Waals surface area contributed by atoms with E-state index in [2.05, 4.69) is 10.4 Å². The largest absolute Gasteiger partial charge is 0.481 e. The number of rotatable bonds is 3. The predicted molar refractivity (Wildman–Crippen MR) is 104 cm³/mol. The van der Waals surface area contributed by atoms with Crippen LogP contribution in [0.2, 0.25) is 5.02 Å². The van der Waals surface area contributed by atoms with Crippen LogP contribution in [0.3, 0.4) is 0 Å². The van der Waals surface area contributed by atoms with Gasteiger partial charge in [-0.1, -0.05) is 38.4 Å². The zero-order chi connectivity index (χ0) is 19.8. The summed E-state index contributed by atoms with van der Waals surface area (Å²) in [5.41, 5.74) is 1.35. The van der Waals surface area contributed by atoms with Gasteiger partial charge in [0.2, 0.25) is 0 Å². The maximum absolute atomic E-state index is 12.6. The van der Waals surface area contributed by atoms with E-state index < -0.39 is 11.9 Å². The zero-order valence-corrected chi connectivity index (χ0v) is 16.3. The fourth-order valence-electron chi connectivity index (χ4n) is 2.98. The molecule has 0 radical (unpaired) electrons. The average Bonchev–Trinajstić information content (AvgIpc) is 3.21. The topological polar surface area (TPSA) is 87.5 Å². The molecule has 144 valence electrons. The Morgan fingerprint density at radius 3 is 2.63 bits per heavy atom. The van der Waals surface area contributed by atoms with Gasteiger partial charge in [-0.05, 0) is 24.6 Å². The Labute approximate surface area is 162 Å². The van der Waals surface area contributed by atoms with E-state index in [0.29, 0.717) is 23.8 Å². The van der Waals surface area contributed by atoms with Crippen molar-refractivity contribution in [3.8, 4) is 5.69 Å². The second kappa shape index (κ2) is 7.23. The number of amides is 2. The molecule has 3 rings (SSSR count). The maximum Gasteiger partial charge on any atom is 0.323 e. The van der Waals surface area contributed by atoms with Crippen LogP contribution in [0, 0.1) is 5.92 Å². The first-order chi connectivity index (χ1) is 12.6. The van der Waals surface area contributed by atoms with E-state index in [1.54, 1.807) is 16.8 Å². The maximum atomic E-state index is 12.6. The van der Waals surface area contributed by atoms with E-state index in [1.807, 2.05) is 39.0 Å². The summed E-state index contributed by atoms with van der Waals surface area (Å²) in [6.07, 6.45) is 0.462. The third-order valence-electron chi connectivity index (χ3n) is 4.59. The Hall–Kier alpha value is -2.54. The van der Waals surface area contributed by atoms with Gasteiger partial charge < -0.3 is 10.0 Å². The van der Waals surface area contributed by atoms with Crippen molar-refractivity contribution in [2.75, 3.05) is 18.4 Å². The van der Waals surface area contributed by atoms with Crippen LogP contribution in [0.1, 0.15) is 32.9 Å². The standard InChI is InChI=1S/C19H23ClN4O3/c1-19(2,3)15-10-16(24(22-15)14-6-4-5-13(20)9-14)21-18(27)23-8-7-12(11-23)17(25)26/h4-6,9-10,12H,7-8,11H2,1-3H3,(H,21,27)(H,25,26). The van der Waals surface area contributed by atoms with Gasteiger partial charge in [0, 0.05) is 29.6 Å². The van der Waals surface area contributed by atoms with Gasteiger partial charge in [-0.3, -0.25) is 10.1 Å². The minimum absolute atomic E-state index is 0.203. The van der Waals surface area contributed by atoms with Crippen LogP contribution in [-0.2, 0) is 10.2 Å². The van der Waals surface area contributed by atoms with Gasteiger partial charge in [0.1, 0.15) is 5.82 Å². The Bertz CT molecular complexity index is 872. The molecule has 1 aromatic carbocycles. The summed E-state index contributed by atoms with van der Waals surface area (Å²) in [5.74, 6) is -0.867. The van der Waals surface area contributed by atoms with Gasteiger partial charge in [-0.15, -0.1) is 0 Å². The Morgan fingerprint density at radius 1 is 1.30 bits per heavy atom. The number of carbonyl (C=O) groups is 2.